The maximum Gasteiger partial charge on any atom is 0.267 e. The standard InChI is InChI=1S/C13H6F5N3O2S.H2/c14-8-9(15)11(17)13(12(18)10(8)16)24(22,23)21-6-1-2-7-5(3-6)4-19-20-7;/h1-4,21H,(H,19,20);1H. The first-order valence-corrected chi connectivity index (χ1v) is 7.68. The Morgan fingerprint density at radius 2 is 1.54 bits per heavy atom. The van der Waals surface area contributed by atoms with Crippen molar-refractivity contribution in [2.45, 2.75) is 4.90 Å². The van der Waals surface area contributed by atoms with Crippen molar-refractivity contribution in [3.05, 3.63) is 53.5 Å². The van der Waals surface area contributed by atoms with E-state index >= 15 is 0 Å². The molecule has 2 N–H and O–H groups in total. The van der Waals surface area contributed by atoms with Crippen LogP contribution in [0.1, 0.15) is 1.43 Å². The average Bonchev–Trinajstić information content (AvgIpc) is 2.98. The molecule has 0 saturated heterocycles. The third-order valence-electron chi connectivity index (χ3n) is 3.13. The fraction of sp³-hybridized carbons (Fsp3) is 0. The molecule has 11 heteroatoms. The second kappa shape index (κ2) is 5.44. The maximum absolute atomic E-state index is 13.6. The van der Waals surface area contributed by atoms with Gasteiger partial charge in [-0.15, -0.1) is 0 Å². The van der Waals surface area contributed by atoms with Crippen LogP contribution in [0.15, 0.2) is 29.3 Å². The molecule has 1 heterocycles. The van der Waals surface area contributed by atoms with E-state index in [4.69, 9.17) is 0 Å². The Bertz CT molecular complexity index is 1040. The van der Waals surface area contributed by atoms with Gasteiger partial charge in [0, 0.05) is 12.5 Å². The summed E-state index contributed by atoms with van der Waals surface area (Å²) in [6, 6.07) is 3.91. The molecule has 3 rings (SSSR count). The third-order valence-corrected chi connectivity index (χ3v) is 4.53. The average molecular weight is 365 g/mol. The number of fused-ring (bicyclic) bond motifs is 1. The van der Waals surface area contributed by atoms with Gasteiger partial charge in [-0.05, 0) is 18.2 Å². The Morgan fingerprint density at radius 3 is 2.17 bits per heavy atom. The smallest absolute Gasteiger partial charge is 0.267 e. The van der Waals surface area contributed by atoms with E-state index in [1.807, 2.05) is 0 Å². The van der Waals surface area contributed by atoms with Crippen molar-refractivity contribution in [2.75, 3.05) is 4.72 Å². The van der Waals surface area contributed by atoms with Crippen LogP contribution in [0.4, 0.5) is 27.6 Å². The van der Waals surface area contributed by atoms with Gasteiger partial charge in [0.2, 0.25) is 5.82 Å². The highest BCUT2D eigenvalue weighted by atomic mass is 32.2. The van der Waals surface area contributed by atoms with E-state index < -0.39 is 44.0 Å². The zero-order valence-electron chi connectivity index (χ0n) is 11.4. The second-order valence-corrected chi connectivity index (χ2v) is 6.30. The number of H-pyrrole nitrogens is 1. The number of benzene rings is 2. The number of sulfonamides is 1. The molecule has 24 heavy (non-hydrogen) atoms. The number of hydrogen-bond donors (Lipinski definition) is 2. The van der Waals surface area contributed by atoms with Gasteiger partial charge in [-0.1, -0.05) is 0 Å². The topological polar surface area (TPSA) is 74.8 Å². The molecule has 0 atom stereocenters. The molecular weight excluding hydrogens is 357 g/mol. The minimum absolute atomic E-state index is 0. The van der Waals surface area contributed by atoms with Crippen LogP contribution >= 0.6 is 0 Å². The number of aromatic amines is 1. The minimum Gasteiger partial charge on any atom is -0.279 e. The molecule has 128 valence electrons. The van der Waals surface area contributed by atoms with Gasteiger partial charge >= 0.3 is 0 Å². The predicted molar refractivity (Wildman–Crippen MR) is 75.2 cm³/mol. The van der Waals surface area contributed by atoms with Gasteiger partial charge in [0.15, 0.2) is 28.2 Å². The lowest BCUT2D eigenvalue weighted by molar-refractivity contribution is 0.358. The zero-order valence-corrected chi connectivity index (χ0v) is 12.2. The quantitative estimate of drug-likeness (QED) is 0.425. The van der Waals surface area contributed by atoms with Crippen molar-refractivity contribution in [1.82, 2.24) is 10.2 Å². The minimum atomic E-state index is -5.07. The van der Waals surface area contributed by atoms with Crippen LogP contribution in [-0.4, -0.2) is 18.6 Å². The lowest BCUT2D eigenvalue weighted by atomic mass is 10.2. The molecule has 0 aliphatic rings. The largest absolute Gasteiger partial charge is 0.279 e. The van der Waals surface area contributed by atoms with Gasteiger partial charge in [-0.25, -0.2) is 30.4 Å². The van der Waals surface area contributed by atoms with Gasteiger partial charge in [-0.3, -0.25) is 9.82 Å². The SMILES string of the molecule is O=S(=O)(Nc1ccc2[nH]ncc2c1)c1c(F)c(F)c(F)c(F)c1F.[HH]. The van der Waals surface area contributed by atoms with Crippen LogP contribution < -0.4 is 4.72 Å². The number of nitrogens with one attached hydrogen (secondary N) is 2. The molecule has 0 amide bonds. The summed E-state index contributed by atoms with van der Waals surface area (Å²) in [5.74, 6) is -12.0. The maximum atomic E-state index is 13.6. The van der Waals surface area contributed by atoms with Crippen LogP contribution in [0, 0.1) is 29.1 Å². The predicted octanol–water partition coefficient (Wildman–Crippen LogP) is 3.31. The Kier molecular flexibility index (Phi) is 3.67. The van der Waals surface area contributed by atoms with E-state index in [1.165, 1.54) is 24.4 Å². The third kappa shape index (κ3) is 2.46. The molecule has 0 saturated carbocycles. The molecule has 1 aromatic heterocycles. The highest BCUT2D eigenvalue weighted by molar-refractivity contribution is 7.92. The normalized spacial score (nSPS) is 11.9. The first kappa shape index (κ1) is 16.2. The highest BCUT2D eigenvalue weighted by Crippen LogP contribution is 2.28. The monoisotopic (exact) mass is 365 g/mol. The molecule has 0 spiro atoms. The van der Waals surface area contributed by atoms with E-state index in [0.717, 1.165) is 0 Å². The molecule has 2 aromatic carbocycles. The first-order valence-electron chi connectivity index (χ1n) is 6.20. The van der Waals surface area contributed by atoms with Crippen molar-refractivity contribution in [3.63, 3.8) is 0 Å². The Hall–Kier alpha value is -2.69. The summed E-state index contributed by atoms with van der Waals surface area (Å²) in [6.07, 6.45) is 1.35. The molecule has 0 aliphatic heterocycles. The Balaban J connectivity index is 0.00000225. The first-order chi connectivity index (χ1) is 11.2. The van der Waals surface area contributed by atoms with E-state index in [1.54, 1.807) is 4.72 Å². The summed E-state index contributed by atoms with van der Waals surface area (Å²) in [4.78, 5) is -1.95. The van der Waals surface area contributed by atoms with Crippen molar-refractivity contribution in [1.29, 1.82) is 0 Å². The zero-order chi connectivity index (χ0) is 17.6. The summed E-state index contributed by atoms with van der Waals surface area (Å²) in [5.41, 5.74) is 0.405. The number of anilines is 1. The van der Waals surface area contributed by atoms with Gasteiger partial charge in [0.25, 0.3) is 10.0 Å². The summed E-state index contributed by atoms with van der Waals surface area (Å²) >= 11 is 0. The number of halogens is 5. The van der Waals surface area contributed by atoms with E-state index in [2.05, 4.69) is 10.2 Å². The highest BCUT2D eigenvalue weighted by Gasteiger charge is 2.33. The lowest BCUT2D eigenvalue weighted by Gasteiger charge is -2.11. The van der Waals surface area contributed by atoms with Gasteiger partial charge in [0.1, 0.15) is 0 Å². The van der Waals surface area contributed by atoms with Crippen LogP contribution in [0.3, 0.4) is 0 Å². The summed E-state index contributed by atoms with van der Waals surface area (Å²) < 4.78 is 92.5. The van der Waals surface area contributed by atoms with Crippen LogP contribution in [-0.2, 0) is 10.0 Å². The molecule has 3 aromatic rings. The van der Waals surface area contributed by atoms with E-state index in [9.17, 15) is 30.4 Å². The molecule has 0 bridgehead atoms. The fourth-order valence-electron chi connectivity index (χ4n) is 2.03. The molecule has 0 unspecified atom stereocenters. The van der Waals surface area contributed by atoms with Gasteiger partial charge in [-0.2, -0.15) is 5.10 Å². The summed E-state index contributed by atoms with van der Waals surface area (Å²) in [5, 5.41) is 6.75. The fourth-order valence-corrected chi connectivity index (χ4v) is 3.22. The number of aromatic nitrogens is 2. The van der Waals surface area contributed by atoms with Crippen LogP contribution in [0.2, 0.25) is 0 Å². The van der Waals surface area contributed by atoms with Crippen molar-refractivity contribution < 1.29 is 31.8 Å². The Labute approximate surface area is 132 Å². The van der Waals surface area contributed by atoms with Gasteiger partial charge < -0.3 is 0 Å². The number of rotatable bonds is 3. The van der Waals surface area contributed by atoms with Gasteiger partial charge in [0.05, 0.1) is 11.7 Å². The molecule has 0 radical (unpaired) electrons. The van der Waals surface area contributed by atoms with E-state index in [0.29, 0.717) is 10.9 Å². The van der Waals surface area contributed by atoms with Crippen molar-refractivity contribution >= 4 is 26.6 Å². The number of nitrogens with zero attached hydrogens (tertiary/aromatic N) is 1. The van der Waals surface area contributed by atoms with Crippen molar-refractivity contribution in [2.24, 2.45) is 0 Å². The van der Waals surface area contributed by atoms with E-state index in [-0.39, 0.29) is 7.11 Å². The molecule has 0 fully saturated rings. The molecular formula is C13H8F5N3O2S. The number of hydrogen-bond acceptors (Lipinski definition) is 3. The second-order valence-electron chi connectivity index (χ2n) is 4.68. The lowest BCUT2D eigenvalue weighted by Crippen LogP contribution is -2.19. The van der Waals surface area contributed by atoms with Crippen molar-refractivity contribution in [3.8, 4) is 0 Å². The summed E-state index contributed by atoms with van der Waals surface area (Å²) in [6.45, 7) is 0. The Morgan fingerprint density at radius 1 is 0.958 bits per heavy atom. The van der Waals surface area contributed by atoms with Crippen LogP contribution in [0.5, 0.6) is 0 Å². The molecule has 0 aliphatic carbocycles. The van der Waals surface area contributed by atoms with Crippen LogP contribution in [0.25, 0.3) is 10.9 Å². The molecule has 5 nitrogen and oxygen atoms in total. The summed E-state index contributed by atoms with van der Waals surface area (Å²) in [7, 11) is -5.07.